The average molecular weight is 208 g/mol. The molecule has 1 atom stereocenters. The molecule has 0 saturated heterocycles. The summed E-state index contributed by atoms with van der Waals surface area (Å²) >= 11 is 0. The predicted molar refractivity (Wildman–Crippen MR) is 54.9 cm³/mol. The lowest BCUT2D eigenvalue weighted by Crippen LogP contribution is -2.08. The van der Waals surface area contributed by atoms with E-state index in [9.17, 15) is 13.9 Å². The first-order chi connectivity index (χ1) is 7.20. The van der Waals surface area contributed by atoms with Gasteiger partial charge in [-0.25, -0.2) is 8.78 Å². The van der Waals surface area contributed by atoms with Crippen LogP contribution < -0.4 is 0 Å². The Bertz CT molecular complexity index is 463. The van der Waals surface area contributed by atoms with Gasteiger partial charge in [-0.05, 0) is 16.3 Å². The fraction of sp³-hybridized carbons (Fsp3) is 0.167. The van der Waals surface area contributed by atoms with Crippen LogP contribution in [0.4, 0.5) is 8.78 Å². The van der Waals surface area contributed by atoms with Gasteiger partial charge < -0.3 is 5.11 Å². The molecule has 0 aliphatic rings. The lowest BCUT2D eigenvalue weighted by Gasteiger charge is -2.12. The molecule has 2 aromatic rings. The average Bonchev–Trinajstić information content (AvgIpc) is 2.27. The maximum atomic E-state index is 12.4. The number of rotatable bonds is 2. The highest BCUT2D eigenvalue weighted by Gasteiger charge is 2.20. The summed E-state index contributed by atoms with van der Waals surface area (Å²) in [5, 5.41) is 10.9. The first-order valence-electron chi connectivity index (χ1n) is 4.64. The third-order valence-corrected chi connectivity index (χ3v) is 2.38. The van der Waals surface area contributed by atoms with E-state index in [2.05, 4.69) is 0 Å². The van der Waals surface area contributed by atoms with E-state index < -0.39 is 12.5 Å². The predicted octanol–water partition coefficient (Wildman–Crippen LogP) is 3.14. The Morgan fingerprint density at radius 3 is 2.33 bits per heavy atom. The third-order valence-electron chi connectivity index (χ3n) is 2.38. The van der Waals surface area contributed by atoms with Crippen molar-refractivity contribution in [1.29, 1.82) is 0 Å². The van der Waals surface area contributed by atoms with Crippen LogP contribution in [0, 0.1) is 0 Å². The summed E-state index contributed by atoms with van der Waals surface area (Å²) < 4.78 is 24.8. The van der Waals surface area contributed by atoms with Crippen LogP contribution in [-0.2, 0) is 0 Å². The Labute approximate surface area is 86.0 Å². The molecule has 0 bridgehead atoms. The molecule has 0 radical (unpaired) electrons. The van der Waals surface area contributed by atoms with Crippen LogP contribution in [-0.4, -0.2) is 11.5 Å². The van der Waals surface area contributed by atoms with Crippen molar-refractivity contribution >= 4 is 10.8 Å². The van der Waals surface area contributed by atoms with Crippen LogP contribution in [0.25, 0.3) is 10.8 Å². The largest absolute Gasteiger partial charge is 0.382 e. The first kappa shape index (κ1) is 10.1. The van der Waals surface area contributed by atoms with Crippen LogP contribution in [0.2, 0.25) is 0 Å². The van der Waals surface area contributed by atoms with E-state index >= 15 is 0 Å². The van der Waals surface area contributed by atoms with Crippen LogP contribution in [0.5, 0.6) is 0 Å². The van der Waals surface area contributed by atoms with Gasteiger partial charge in [-0.1, -0.05) is 42.5 Å². The van der Waals surface area contributed by atoms with Crippen molar-refractivity contribution < 1.29 is 13.9 Å². The van der Waals surface area contributed by atoms with Crippen molar-refractivity contribution in [3.05, 3.63) is 48.0 Å². The highest BCUT2D eigenvalue weighted by Crippen LogP contribution is 2.27. The molecule has 0 aromatic heterocycles. The lowest BCUT2D eigenvalue weighted by molar-refractivity contribution is -0.00494. The molecule has 0 spiro atoms. The molecular formula is C12H10F2O. The summed E-state index contributed by atoms with van der Waals surface area (Å²) in [6.45, 7) is 0. The van der Waals surface area contributed by atoms with Gasteiger partial charge in [0, 0.05) is 0 Å². The van der Waals surface area contributed by atoms with Gasteiger partial charge in [-0.2, -0.15) is 0 Å². The van der Waals surface area contributed by atoms with Gasteiger partial charge in [0.25, 0.3) is 6.43 Å². The summed E-state index contributed by atoms with van der Waals surface area (Å²) in [5.74, 6) is 0. The van der Waals surface area contributed by atoms with Crippen molar-refractivity contribution in [3.8, 4) is 0 Å². The van der Waals surface area contributed by atoms with Gasteiger partial charge in [0.2, 0.25) is 0 Å². The number of alkyl halides is 2. The lowest BCUT2D eigenvalue weighted by atomic mass is 10.0. The zero-order valence-corrected chi connectivity index (χ0v) is 7.90. The molecule has 78 valence electrons. The Kier molecular flexibility index (Phi) is 2.64. The molecule has 1 N–H and O–H groups in total. The molecule has 0 saturated carbocycles. The fourth-order valence-corrected chi connectivity index (χ4v) is 1.64. The van der Waals surface area contributed by atoms with Gasteiger partial charge in [0.05, 0.1) is 0 Å². The normalized spacial score (nSPS) is 13.3. The van der Waals surface area contributed by atoms with E-state index in [4.69, 9.17) is 0 Å². The number of aliphatic hydroxyl groups excluding tert-OH is 1. The van der Waals surface area contributed by atoms with E-state index in [1.54, 1.807) is 18.2 Å². The zero-order valence-electron chi connectivity index (χ0n) is 7.90. The Balaban J connectivity index is 2.60. The number of hydrogen-bond donors (Lipinski definition) is 1. The molecule has 0 unspecified atom stereocenters. The maximum Gasteiger partial charge on any atom is 0.268 e. The van der Waals surface area contributed by atoms with Crippen molar-refractivity contribution in [2.45, 2.75) is 12.5 Å². The third kappa shape index (κ3) is 1.83. The van der Waals surface area contributed by atoms with Crippen LogP contribution in [0.1, 0.15) is 11.7 Å². The molecule has 2 rings (SSSR count). The topological polar surface area (TPSA) is 20.2 Å². The highest BCUT2D eigenvalue weighted by atomic mass is 19.3. The van der Waals surface area contributed by atoms with Gasteiger partial charge >= 0.3 is 0 Å². The summed E-state index contributed by atoms with van der Waals surface area (Å²) in [6, 6.07) is 12.2. The van der Waals surface area contributed by atoms with Crippen molar-refractivity contribution in [3.63, 3.8) is 0 Å². The smallest absolute Gasteiger partial charge is 0.268 e. The second-order valence-corrected chi connectivity index (χ2v) is 3.35. The van der Waals surface area contributed by atoms with Crippen LogP contribution in [0.3, 0.4) is 0 Å². The maximum absolute atomic E-state index is 12.4. The summed E-state index contributed by atoms with van der Waals surface area (Å²) in [5.41, 5.74) is 0.281. The van der Waals surface area contributed by atoms with Gasteiger partial charge in [0.1, 0.15) is 6.10 Å². The number of hydrogen-bond acceptors (Lipinski definition) is 1. The van der Waals surface area contributed by atoms with Crippen molar-refractivity contribution in [1.82, 2.24) is 0 Å². The minimum Gasteiger partial charge on any atom is -0.382 e. The van der Waals surface area contributed by atoms with Crippen molar-refractivity contribution in [2.24, 2.45) is 0 Å². The number of aliphatic hydroxyl groups is 1. The summed E-state index contributed by atoms with van der Waals surface area (Å²) in [7, 11) is 0. The molecule has 3 heteroatoms. The molecule has 1 nitrogen and oxygen atoms in total. The number of fused-ring (bicyclic) bond motifs is 1. The first-order valence-corrected chi connectivity index (χ1v) is 4.64. The van der Waals surface area contributed by atoms with Gasteiger partial charge in [0.15, 0.2) is 0 Å². The molecule has 0 amide bonds. The molecule has 2 aromatic carbocycles. The standard InChI is InChI=1S/C12H10F2O/c13-12(14)11(15)10-7-3-5-8-4-1-2-6-9(8)10/h1-7,11-12,15H/t11-/m0/s1. The number of benzene rings is 2. The van der Waals surface area contributed by atoms with Crippen LogP contribution >= 0.6 is 0 Å². The van der Waals surface area contributed by atoms with E-state index in [0.29, 0.717) is 5.39 Å². The van der Waals surface area contributed by atoms with Gasteiger partial charge in [-0.15, -0.1) is 0 Å². The Morgan fingerprint density at radius 1 is 0.933 bits per heavy atom. The highest BCUT2D eigenvalue weighted by molar-refractivity contribution is 5.85. The SMILES string of the molecule is O[C@@H](c1cccc2ccccc12)C(F)F. The number of halogens is 2. The van der Waals surface area contributed by atoms with Crippen LogP contribution in [0.15, 0.2) is 42.5 Å². The molecule has 0 aliphatic heterocycles. The molecule has 15 heavy (non-hydrogen) atoms. The minimum atomic E-state index is -2.75. The summed E-state index contributed by atoms with van der Waals surface area (Å²) in [6.07, 6.45) is -4.47. The quantitative estimate of drug-likeness (QED) is 0.803. The fourth-order valence-electron chi connectivity index (χ4n) is 1.64. The Hall–Kier alpha value is -1.48. The van der Waals surface area contributed by atoms with Gasteiger partial charge in [-0.3, -0.25) is 0 Å². The summed E-state index contributed by atoms with van der Waals surface area (Å²) in [4.78, 5) is 0. The van der Waals surface area contributed by atoms with Crippen molar-refractivity contribution in [2.75, 3.05) is 0 Å². The van der Waals surface area contributed by atoms with E-state index in [0.717, 1.165) is 5.39 Å². The van der Waals surface area contributed by atoms with E-state index in [1.807, 2.05) is 18.2 Å². The minimum absolute atomic E-state index is 0.281. The van der Waals surface area contributed by atoms with E-state index in [-0.39, 0.29) is 5.56 Å². The Morgan fingerprint density at radius 2 is 1.60 bits per heavy atom. The monoisotopic (exact) mass is 208 g/mol. The second kappa shape index (κ2) is 3.95. The molecule has 0 aliphatic carbocycles. The zero-order chi connectivity index (χ0) is 10.8. The second-order valence-electron chi connectivity index (χ2n) is 3.35. The molecule has 0 fully saturated rings. The van der Waals surface area contributed by atoms with E-state index in [1.165, 1.54) is 6.07 Å². The molecule has 0 heterocycles. The molecular weight excluding hydrogens is 198 g/mol.